The van der Waals surface area contributed by atoms with Gasteiger partial charge in [0.1, 0.15) is 0 Å². The van der Waals surface area contributed by atoms with Crippen molar-refractivity contribution in [3.8, 4) is 0 Å². The molecule has 1 fully saturated rings. The van der Waals surface area contributed by atoms with Gasteiger partial charge in [0, 0.05) is 24.5 Å². The van der Waals surface area contributed by atoms with Crippen molar-refractivity contribution in [2.75, 3.05) is 6.54 Å². The zero-order chi connectivity index (χ0) is 14.7. The molecule has 3 atom stereocenters. The molecule has 1 aromatic heterocycles. The van der Waals surface area contributed by atoms with Gasteiger partial charge in [0.15, 0.2) is 0 Å². The smallest absolute Gasteiger partial charge is 0.0502 e. The van der Waals surface area contributed by atoms with E-state index >= 15 is 0 Å². The van der Waals surface area contributed by atoms with Gasteiger partial charge in [0.05, 0.1) is 6.04 Å². The molecule has 1 aliphatic rings. The summed E-state index contributed by atoms with van der Waals surface area (Å²) < 4.78 is 0. The topological polar surface area (TPSA) is 42.1 Å². The first-order valence-electron chi connectivity index (χ1n) is 7.73. The Labute approximate surface area is 126 Å². The maximum atomic E-state index is 6.33. The first-order chi connectivity index (χ1) is 10.3. The molecule has 1 saturated heterocycles. The molecule has 3 heteroatoms. The molecule has 3 rings (SSSR count). The fourth-order valence-corrected chi connectivity index (χ4v) is 3.50. The van der Waals surface area contributed by atoms with Crippen LogP contribution >= 0.6 is 0 Å². The Morgan fingerprint density at radius 2 is 2.00 bits per heavy atom. The summed E-state index contributed by atoms with van der Waals surface area (Å²) in [5.41, 5.74) is 8.94. The second kappa shape index (κ2) is 6.37. The molecule has 2 N–H and O–H groups in total. The standard InChI is InChI=1S/C18H23N3/c1-14(19)18(15-7-3-2-4-8-15)21-12-6-10-17(21)16-9-5-11-20-13-16/h2-5,7-9,11,13-14,17-18H,6,10,12,19H2,1H3. The summed E-state index contributed by atoms with van der Waals surface area (Å²) in [7, 11) is 0. The van der Waals surface area contributed by atoms with Crippen molar-refractivity contribution in [2.45, 2.75) is 37.9 Å². The average molecular weight is 281 g/mol. The fraction of sp³-hybridized carbons (Fsp3) is 0.389. The van der Waals surface area contributed by atoms with Crippen LogP contribution in [0, 0.1) is 0 Å². The van der Waals surface area contributed by atoms with Gasteiger partial charge in [0.25, 0.3) is 0 Å². The highest BCUT2D eigenvalue weighted by Crippen LogP contribution is 2.39. The quantitative estimate of drug-likeness (QED) is 0.935. The Hall–Kier alpha value is -1.71. The third-order valence-corrected chi connectivity index (χ3v) is 4.36. The Balaban J connectivity index is 1.92. The summed E-state index contributed by atoms with van der Waals surface area (Å²) in [4.78, 5) is 6.84. The van der Waals surface area contributed by atoms with Crippen molar-refractivity contribution in [1.82, 2.24) is 9.88 Å². The molecular formula is C18H23N3. The number of aromatic nitrogens is 1. The highest BCUT2D eigenvalue weighted by atomic mass is 15.2. The molecule has 1 aliphatic heterocycles. The number of benzene rings is 1. The van der Waals surface area contributed by atoms with Crippen LogP contribution in [0.5, 0.6) is 0 Å². The minimum Gasteiger partial charge on any atom is -0.326 e. The molecule has 3 nitrogen and oxygen atoms in total. The van der Waals surface area contributed by atoms with Crippen LogP contribution in [0.1, 0.15) is 43.0 Å². The molecule has 0 amide bonds. The van der Waals surface area contributed by atoms with E-state index in [0.29, 0.717) is 6.04 Å². The van der Waals surface area contributed by atoms with Crippen LogP contribution in [0.3, 0.4) is 0 Å². The average Bonchev–Trinajstić information content (AvgIpc) is 2.98. The summed E-state index contributed by atoms with van der Waals surface area (Å²) in [5, 5.41) is 0. The van der Waals surface area contributed by atoms with Crippen LogP contribution in [0.4, 0.5) is 0 Å². The van der Waals surface area contributed by atoms with Gasteiger partial charge in [-0.15, -0.1) is 0 Å². The van der Waals surface area contributed by atoms with Crippen LogP contribution in [0.15, 0.2) is 54.9 Å². The van der Waals surface area contributed by atoms with Gasteiger partial charge in [-0.05, 0) is 43.5 Å². The molecule has 0 spiro atoms. The van der Waals surface area contributed by atoms with Gasteiger partial charge in [-0.3, -0.25) is 9.88 Å². The van der Waals surface area contributed by atoms with Crippen molar-refractivity contribution in [3.63, 3.8) is 0 Å². The van der Waals surface area contributed by atoms with Gasteiger partial charge < -0.3 is 5.73 Å². The first kappa shape index (κ1) is 14.2. The van der Waals surface area contributed by atoms with Crippen molar-refractivity contribution in [3.05, 3.63) is 66.0 Å². The van der Waals surface area contributed by atoms with Crippen molar-refractivity contribution >= 4 is 0 Å². The summed E-state index contributed by atoms with van der Waals surface area (Å²) in [6, 6.07) is 15.6. The number of pyridine rings is 1. The number of nitrogens with zero attached hydrogens (tertiary/aromatic N) is 2. The zero-order valence-electron chi connectivity index (χ0n) is 12.5. The Morgan fingerprint density at radius 1 is 1.19 bits per heavy atom. The highest BCUT2D eigenvalue weighted by Gasteiger charge is 2.34. The lowest BCUT2D eigenvalue weighted by molar-refractivity contribution is 0.161. The molecule has 0 bridgehead atoms. The second-order valence-electron chi connectivity index (χ2n) is 5.90. The van der Waals surface area contributed by atoms with Crippen molar-refractivity contribution in [2.24, 2.45) is 5.73 Å². The SMILES string of the molecule is CC(N)C(c1ccccc1)N1CCCC1c1cccnc1. The van der Waals surface area contributed by atoms with E-state index in [-0.39, 0.29) is 12.1 Å². The van der Waals surface area contributed by atoms with Crippen LogP contribution in [0.2, 0.25) is 0 Å². The van der Waals surface area contributed by atoms with E-state index in [9.17, 15) is 0 Å². The number of nitrogens with two attached hydrogens (primary N) is 1. The lowest BCUT2D eigenvalue weighted by Gasteiger charge is -2.36. The Bertz CT molecular complexity index is 553. The zero-order valence-corrected chi connectivity index (χ0v) is 12.5. The molecule has 0 radical (unpaired) electrons. The third kappa shape index (κ3) is 2.99. The van der Waals surface area contributed by atoms with E-state index in [0.717, 1.165) is 6.54 Å². The summed E-state index contributed by atoms with van der Waals surface area (Å²) >= 11 is 0. The van der Waals surface area contributed by atoms with Crippen LogP contribution < -0.4 is 5.73 Å². The molecule has 110 valence electrons. The molecule has 2 heterocycles. The molecule has 21 heavy (non-hydrogen) atoms. The summed E-state index contributed by atoms with van der Waals surface area (Å²) in [5.74, 6) is 0. The van der Waals surface area contributed by atoms with Gasteiger partial charge in [-0.25, -0.2) is 0 Å². The normalized spacial score (nSPS) is 22.1. The number of likely N-dealkylation sites (tertiary alicyclic amines) is 1. The van der Waals surface area contributed by atoms with E-state index < -0.39 is 0 Å². The predicted octanol–water partition coefficient (Wildman–Crippen LogP) is 3.31. The molecule has 2 aromatic rings. The van der Waals surface area contributed by atoms with E-state index in [1.807, 2.05) is 18.5 Å². The van der Waals surface area contributed by atoms with Crippen LogP contribution in [-0.2, 0) is 0 Å². The lowest BCUT2D eigenvalue weighted by Crippen LogP contribution is -2.39. The monoisotopic (exact) mass is 281 g/mol. The van der Waals surface area contributed by atoms with Gasteiger partial charge in [-0.2, -0.15) is 0 Å². The Morgan fingerprint density at radius 3 is 2.67 bits per heavy atom. The third-order valence-electron chi connectivity index (χ3n) is 4.36. The fourth-order valence-electron chi connectivity index (χ4n) is 3.50. The number of hydrogen-bond acceptors (Lipinski definition) is 3. The van der Waals surface area contributed by atoms with Gasteiger partial charge in [-0.1, -0.05) is 36.4 Å². The molecule has 1 aromatic carbocycles. The first-order valence-corrected chi connectivity index (χ1v) is 7.73. The molecule has 0 aliphatic carbocycles. The molecular weight excluding hydrogens is 258 g/mol. The minimum absolute atomic E-state index is 0.102. The second-order valence-corrected chi connectivity index (χ2v) is 5.90. The van der Waals surface area contributed by atoms with E-state index in [4.69, 9.17) is 5.73 Å². The predicted molar refractivity (Wildman–Crippen MR) is 85.8 cm³/mol. The van der Waals surface area contributed by atoms with Crippen molar-refractivity contribution in [1.29, 1.82) is 0 Å². The number of hydrogen-bond donors (Lipinski definition) is 1. The summed E-state index contributed by atoms with van der Waals surface area (Å²) in [6.07, 6.45) is 6.23. The van der Waals surface area contributed by atoms with Crippen molar-refractivity contribution < 1.29 is 0 Å². The molecule has 3 unspecified atom stereocenters. The maximum absolute atomic E-state index is 6.33. The van der Waals surface area contributed by atoms with E-state index in [1.165, 1.54) is 24.0 Å². The van der Waals surface area contributed by atoms with Crippen LogP contribution in [-0.4, -0.2) is 22.5 Å². The van der Waals surface area contributed by atoms with Gasteiger partial charge >= 0.3 is 0 Å². The minimum atomic E-state index is 0.102. The highest BCUT2D eigenvalue weighted by molar-refractivity contribution is 5.23. The lowest BCUT2D eigenvalue weighted by atomic mass is 9.97. The number of rotatable bonds is 4. The van der Waals surface area contributed by atoms with Crippen LogP contribution in [0.25, 0.3) is 0 Å². The molecule has 0 saturated carbocycles. The van der Waals surface area contributed by atoms with E-state index in [2.05, 4.69) is 53.2 Å². The van der Waals surface area contributed by atoms with Gasteiger partial charge in [0.2, 0.25) is 0 Å². The Kier molecular flexibility index (Phi) is 4.32. The van der Waals surface area contributed by atoms with E-state index in [1.54, 1.807) is 0 Å². The maximum Gasteiger partial charge on any atom is 0.0502 e. The summed E-state index contributed by atoms with van der Waals surface area (Å²) in [6.45, 7) is 3.21. The largest absolute Gasteiger partial charge is 0.326 e.